The van der Waals surface area contributed by atoms with Gasteiger partial charge >= 0.3 is 0 Å². The summed E-state index contributed by atoms with van der Waals surface area (Å²) in [5, 5.41) is 3.41. The second-order valence-electron chi connectivity index (χ2n) is 5.76. The topological polar surface area (TPSA) is 49.4 Å². The Morgan fingerprint density at radius 1 is 1.08 bits per heavy atom. The molecule has 0 heterocycles. The summed E-state index contributed by atoms with van der Waals surface area (Å²) >= 11 is 5.96. The number of carbonyl (C=O) groups excluding carboxylic acids is 2. The molecular weight excluding hydrogens is 324 g/mol. The number of hydrogen-bond donors (Lipinski definition) is 1. The van der Waals surface area contributed by atoms with E-state index >= 15 is 0 Å². The smallest absolute Gasteiger partial charge is 0.226 e. The van der Waals surface area contributed by atoms with Crippen molar-refractivity contribution < 1.29 is 9.59 Å². The molecule has 2 rings (SSSR count). The van der Waals surface area contributed by atoms with Gasteiger partial charge in [-0.25, -0.2) is 0 Å². The van der Waals surface area contributed by atoms with E-state index in [9.17, 15) is 9.59 Å². The third-order valence-electron chi connectivity index (χ3n) is 3.76. The lowest BCUT2D eigenvalue weighted by molar-refractivity contribution is -0.117. The van der Waals surface area contributed by atoms with Gasteiger partial charge in [0.05, 0.1) is 0 Å². The van der Waals surface area contributed by atoms with E-state index in [1.807, 2.05) is 44.2 Å². The molecule has 0 spiro atoms. The van der Waals surface area contributed by atoms with Crippen molar-refractivity contribution in [3.63, 3.8) is 0 Å². The summed E-state index contributed by atoms with van der Waals surface area (Å²) in [4.78, 5) is 25.7. The molecule has 1 N–H and O–H groups in total. The Hall–Kier alpha value is -2.33. The van der Waals surface area contributed by atoms with Crippen LogP contribution in [0.1, 0.15) is 24.5 Å². The van der Waals surface area contributed by atoms with Crippen LogP contribution in [0.3, 0.4) is 0 Å². The van der Waals surface area contributed by atoms with E-state index in [2.05, 4.69) is 5.32 Å². The molecule has 0 aliphatic rings. The predicted octanol–water partition coefficient (Wildman–Crippen LogP) is 4.34. The van der Waals surface area contributed by atoms with E-state index in [0.29, 0.717) is 17.3 Å². The Morgan fingerprint density at radius 2 is 1.75 bits per heavy atom. The molecule has 0 radical (unpaired) electrons. The number of carbonyl (C=O) groups is 2. The molecule has 4 nitrogen and oxygen atoms in total. The molecule has 0 bridgehead atoms. The molecule has 0 saturated heterocycles. The molecule has 0 fully saturated rings. The van der Waals surface area contributed by atoms with Crippen LogP contribution in [0.15, 0.2) is 42.5 Å². The van der Waals surface area contributed by atoms with Crippen LogP contribution in [-0.4, -0.2) is 18.4 Å². The summed E-state index contributed by atoms with van der Waals surface area (Å²) < 4.78 is 0. The van der Waals surface area contributed by atoms with Crippen molar-refractivity contribution in [2.24, 2.45) is 0 Å². The maximum Gasteiger partial charge on any atom is 0.226 e. The van der Waals surface area contributed by atoms with Crippen LogP contribution in [-0.2, 0) is 9.59 Å². The molecule has 2 amide bonds. The van der Waals surface area contributed by atoms with E-state index in [-0.39, 0.29) is 18.2 Å². The fourth-order valence-electron chi connectivity index (χ4n) is 2.35. The predicted molar refractivity (Wildman–Crippen MR) is 98.6 cm³/mol. The van der Waals surface area contributed by atoms with Crippen molar-refractivity contribution in [3.8, 4) is 0 Å². The zero-order valence-electron chi connectivity index (χ0n) is 14.1. The molecule has 0 aromatic heterocycles. The van der Waals surface area contributed by atoms with Gasteiger partial charge in [-0.3, -0.25) is 9.59 Å². The molecular formula is C19H21ClN2O2. The summed E-state index contributed by atoms with van der Waals surface area (Å²) in [6, 6.07) is 13.0. The summed E-state index contributed by atoms with van der Waals surface area (Å²) in [6.45, 7) is 5.71. The van der Waals surface area contributed by atoms with Crippen LogP contribution < -0.4 is 10.2 Å². The molecule has 0 aliphatic heterocycles. The highest BCUT2D eigenvalue weighted by Gasteiger charge is 2.14. The highest BCUT2D eigenvalue weighted by molar-refractivity contribution is 6.31. The van der Waals surface area contributed by atoms with Gasteiger partial charge in [-0.1, -0.05) is 35.4 Å². The first-order valence-electron chi connectivity index (χ1n) is 7.77. The molecule has 0 unspecified atom stereocenters. The minimum atomic E-state index is -0.154. The molecule has 24 heavy (non-hydrogen) atoms. The number of amides is 2. The van der Waals surface area contributed by atoms with E-state index < -0.39 is 0 Å². The molecule has 126 valence electrons. The van der Waals surface area contributed by atoms with Gasteiger partial charge in [0.15, 0.2) is 0 Å². The number of hydrogen-bond acceptors (Lipinski definition) is 2. The van der Waals surface area contributed by atoms with Crippen LogP contribution in [0.4, 0.5) is 11.4 Å². The zero-order chi connectivity index (χ0) is 17.7. The van der Waals surface area contributed by atoms with Gasteiger partial charge in [0.1, 0.15) is 0 Å². The zero-order valence-corrected chi connectivity index (χ0v) is 14.9. The molecule has 0 aliphatic carbocycles. The highest BCUT2D eigenvalue weighted by Crippen LogP contribution is 2.21. The van der Waals surface area contributed by atoms with Crippen LogP contribution in [0.25, 0.3) is 0 Å². The van der Waals surface area contributed by atoms with Crippen molar-refractivity contribution in [2.75, 3.05) is 16.8 Å². The van der Waals surface area contributed by atoms with Gasteiger partial charge in [-0.2, -0.15) is 0 Å². The molecule has 0 saturated carbocycles. The lowest BCUT2D eigenvalue weighted by Gasteiger charge is -2.21. The number of nitrogens with zero attached hydrogens (tertiary/aromatic N) is 1. The monoisotopic (exact) mass is 344 g/mol. The van der Waals surface area contributed by atoms with Gasteiger partial charge in [-0.05, 0) is 43.7 Å². The number of rotatable bonds is 5. The largest absolute Gasteiger partial charge is 0.326 e. The third-order valence-corrected chi connectivity index (χ3v) is 4.00. The van der Waals surface area contributed by atoms with Crippen molar-refractivity contribution in [1.82, 2.24) is 0 Å². The first-order valence-corrected chi connectivity index (χ1v) is 8.15. The summed E-state index contributed by atoms with van der Waals surface area (Å²) in [7, 11) is 0. The maximum atomic E-state index is 12.2. The number of aryl methyl sites for hydroxylation is 2. The summed E-state index contributed by atoms with van der Waals surface area (Å²) in [6.07, 6.45) is 0.208. The van der Waals surface area contributed by atoms with Gasteiger partial charge in [0.2, 0.25) is 11.8 Å². The van der Waals surface area contributed by atoms with Crippen LogP contribution in [0.5, 0.6) is 0 Å². The maximum absolute atomic E-state index is 12.2. The fraction of sp³-hybridized carbons (Fsp3) is 0.263. The molecule has 5 heteroatoms. The average Bonchev–Trinajstić information content (AvgIpc) is 2.52. The summed E-state index contributed by atoms with van der Waals surface area (Å²) in [5.74, 6) is -0.246. The number of anilines is 2. The second kappa shape index (κ2) is 7.97. The standard InChI is InChI=1S/C19H21ClN2O2/c1-13-4-8-17(9-5-13)22(15(3)23)11-10-19(24)21-18-12-16(20)7-6-14(18)2/h4-9,12H,10-11H2,1-3H3,(H,21,24). The third kappa shape index (κ3) is 4.83. The Labute approximate surface area is 147 Å². The Bertz CT molecular complexity index is 742. The average molecular weight is 345 g/mol. The van der Waals surface area contributed by atoms with Crippen molar-refractivity contribution in [3.05, 3.63) is 58.6 Å². The van der Waals surface area contributed by atoms with Crippen molar-refractivity contribution >= 4 is 34.8 Å². The van der Waals surface area contributed by atoms with Crippen LogP contribution >= 0.6 is 11.6 Å². The normalized spacial score (nSPS) is 10.3. The highest BCUT2D eigenvalue weighted by atomic mass is 35.5. The number of benzene rings is 2. The number of halogens is 1. The fourth-order valence-corrected chi connectivity index (χ4v) is 2.52. The van der Waals surface area contributed by atoms with E-state index in [1.165, 1.54) is 6.92 Å². The lowest BCUT2D eigenvalue weighted by Crippen LogP contribution is -2.32. The SMILES string of the molecule is CC(=O)N(CCC(=O)Nc1cc(Cl)ccc1C)c1ccc(C)cc1. The van der Waals surface area contributed by atoms with E-state index in [0.717, 1.165) is 16.8 Å². The number of nitrogens with one attached hydrogen (secondary N) is 1. The molecule has 2 aromatic rings. The Balaban J connectivity index is 2.01. The Kier molecular flexibility index (Phi) is 5.99. The minimum absolute atomic E-state index is 0.0920. The van der Waals surface area contributed by atoms with Gasteiger partial charge in [-0.15, -0.1) is 0 Å². The van der Waals surface area contributed by atoms with Crippen molar-refractivity contribution in [2.45, 2.75) is 27.2 Å². The minimum Gasteiger partial charge on any atom is -0.326 e. The quantitative estimate of drug-likeness (QED) is 0.877. The van der Waals surface area contributed by atoms with Crippen molar-refractivity contribution in [1.29, 1.82) is 0 Å². The first kappa shape index (κ1) is 18.0. The van der Waals surface area contributed by atoms with E-state index in [1.54, 1.807) is 17.0 Å². The van der Waals surface area contributed by atoms with Gasteiger partial charge in [0.25, 0.3) is 0 Å². The molecule has 0 atom stereocenters. The Morgan fingerprint density at radius 3 is 2.38 bits per heavy atom. The summed E-state index contributed by atoms with van der Waals surface area (Å²) in [5.41, 5.74) is 3.54. The van der Waals surface area contributed by atoms with Gasteiger partial charge < -0.3 is 10.2 Å². The van der Waals surface area contributed by atoms with Crippen LogP contribution in [0.2, 0.25) is 5.02 Å². The second-order valence-corrected chi connectivity index (χ2v) is 6.20. The van der Waals surface area contributed by atoms with E-state index in [4.69, 9.17) is 11.6 Å². The van der Waals surface area contributed by atoms with Crippen LogP contribution in [0, 0.1) is 13.8 Å². The first-order chi connectivity index (χ1) is 11.4. The van der Waals surface area contributed by atoms with Gasteiger partial charge in [0, 0.05) is 36.3 Å². The molecule has 2 aromatic carbocycles. The lowest BCUT2D eigenvalue weighted by atomic mass is 10.2.